The van der Waals surface area contributed by atoms with Gasteiger partial charge in [-0.15, -0.1) is 11.6 Å². The fraction of sp³-hybridized carbons (Fsp3) is 0.583. The number of carbonyl (C=O) groups excluding carboxylic acids is 1. The quantitative estimate of drug-likeness (QED) is 0.772. The lowest BCUT2D eigenvalue weighted by Gasteiger charge is -2.24. The normalized spacial score (nSPS) is 19.6. The molecule has 1 aliphatic heterocycles. The molecule has 2 heterocycles. The summed E-state index contributed by atoms with van der Waals surface area (Å²) in [4.78, 5) is 21.9. The molecule has 0 N–H and O–H groups in total. The molecule has 2 rings (SSSR count). The lowest BCUT2D eigenvalue weighted by atomic mass is 10.1. The number of hydrogen-bond donors (Lipinski definition) is 0. The molecule has 17 heavy (non-hydrogen) atoms. The Morgan fingerprint density at radius 2 is 2.24 bits per heavy atom. The highest BCUT2D eigenvalue weighted by Gasteiger charge is 2.28. The van der Waals surface area contributed by atoms with Crippen molar-refractivity contribution in [3.05, 3.63) is 24.3 Å². The van der Waals surface area contributed by atoms with Crippen LogP contribution >= 0.6 is 11.6 Å². The fourth-order valence-corrected chi connectivity index (χ4v) is 2.45. The van der Waals surface area contributed by atoms with Gasteiger partial charge in [0.25, 0.3) is 5.91 Å². The number of rotatable bonds is 4. The van der Waals surface area contributed by atoms with E-state index in [4.69, 9.17) is 11.6 Å². The summed E-state index contributed by atoms with van der Waals surface area (Å²) >= 11 is 5.70. The van der Waals surface area contributed by atoms with E-state index < -0.39 is 0 Å². The largest absolute Gasteiger partial charge is 0.336 e. The Hall–Kier alpha value is -1.16. The summed E-state index contributed by atoms with van der Waals surface area (Å²) in [7, 11) is 0. The van der Waals surface area contributed by atoms with Crippen molar-refractivity contribution in [3.8, 4) is 0 Å². The average Bonchev–Trinajstić information content (AvgIpc) is 2.84. The molecule has 1 saturated heterocycles. The third kappa shape index (κ3) is 2.94. The molecule has 1 aromatic rings. The van der Waals surface area contributed by atoms with Crippen molar-refractivity contribution < 1.29 is 4.79 Å². The molecule has 1 aliphatic rings. The van der Waals surface area contributed by atoms with Crippen LogP contribution in [0.15, 0.2) is 18.7 Å². The number of likely N-dealkylation sites (tertiary alicyclic amines) is 1. The zero-order chi connectivity index (χ0) is 12.1. The summed E-state index contributed by atoms with van der Waals surface area (Å²) in [5, 5.41) is 0. The molecule has 4 nitrogen and oxygen atoms in total. The number of amides is 1. The number of carbonyl (C=O) groups is 1. The minimum absolute atomic E-state index is 0.0441. The monoisotopic (exact) mass is 253 g/mol. The van der Waals surface area contributed by atoms with Gasteiger partial charge in [-0.3, -0.25) is 4.79 Å². The van der Waals surface area contributed by atoms with Crippen molar-refractivity contribution in [3.63, 3.8) is 0 Å². The maximum absolute atomic E-state index is 12.2. The fourth-order valence-electron chi connectivity index (χ4n) is 2.29. The van der Waals surface area contributed by atoms with Gasteiger partial charge in [-0.2, -0.15) is 0 Å². The molecular formula is C12H16ClN3O. The molecule has 92 valence electrons. The number of hydrogen-bond acceptors (Lipinski definition) is 3. The highest BCUT2D eigenvalue weighted by Crippen LogP contribution is 2.23. The van der Waals surface area contributed by atoms with Crippen LogP contribution in [-0.4, -0.2) is 39.2 Å². The van der Waals surface area contributed by atoms with Crippen molar-refractivity contribution >= 4 is 17.5 Å². The minimum Gasteiger partial charge on any atom is -0.336 e. The van der Waals surface area contributed by atoms with E-state index in [0.717, 1.165) is 32.2 Å². The van der Waals surface area contributed by atoms with Gasteiger partial charge in [0.1, 0.15) is 6.33 Å². The lowest BCUT2D eigenvalue weighted by Crippen LogP contribution is -2.35. The molecule has 1 aromatic heterocycles. The van der Waals surface area contributed by atoms with Gasteiger partial charge in [-0.1, -0.05) is 0 Å². The highest BCUT2D eigenvalue weighted by molar-refractivity contribution is 6.17. The molecule has 0 saturated carbocycles. The van der Waals surface area contributed by atoms with E-state index >= 15 is 0 Å². The summed E-state index contributed by atoms with van der Waals surface area (Å²) in [6, 6.07) is 0.335. The summed E-state index contributed by atoms with van der Waals surface area (Å²) < 4.78 is 0. The van der Waals surface area contributed by atoms with Gasteiger partial charge in [-0.25, -0.2) is 9.97 Å². The van der Waals surface area contributed by atoms with Crippen LogP contribution in [0.3, 0.4) is 0 Å². The van der Waals surface area contributed by atoms with Gasteiger partial charge in [-0.05, 0) is 25.7 Å². The van der Waals surface area contributed by atoms with Crippen LogP contribution in [0.2, 0.25) is 0 Å². The third-order valence-electron chi connectivity index (χ3n) is 3.12. The second-order valence-electron chi connectivity index (χ2n) is 4.25. The molecule has 5 heteroatoms. The Bertz CT molecular complexity index is 371. The number of nitrogens with zero attached hydrogens (tertiary/aromatic N) is 3. The average molecular weight is 254 g/mol. The third-order valence-corrected chi connectivity index (χ3v) is 3.38. The first-order valence-electron chi connectivity index (χ1n) is 5.95. The van der Waals surface area contributed by atoms with E-state index in [2.05, 4.69) is 9.97 Å². The summed E-state index contributed by atoms with van der Waals surface area (Å²) in [6.45, 7) is 0.834. The molecule has 0 radical (unpaired) electrons. The molecular weight excluding hydrogens is 238 g/mol. The van der Waals surface area contributed by atoms with Crippen molar-refractivity contribution in [1.82, 2.24) is 14.9 Å². The Kier molecular flexibility index (Phi) is 4.31. The molecule has 1 fully saturated rings. The Morgan fingerprint density at radius 3 is 2.94 bits per heavy atom. The zero-order valence-corrected chi connectivity index (χ0v) is 10.4. The van der Waals surface area contributed by atoms with Crippen molar-refractivity contribution in [2.24, 2.45) is 0 Å². The van der Waals surface area contributed by atoms with Crippen LogP contribution in [0.25, 0.3) is 0 Å². The molecule has 0 aromatic carbocycles. The SMILES string of the molecule is O=C(c1cncnc1)N1CCCC1CCCCl. The molecule has 1 atom stereocenters. The zero-order valence-electron chi connectivity index (χ0n) is 9.68. The van der Waals surface area contributed by atoms with E-state index in [1.54, 1.807) is 12.4 Å². The van der Waals surface area contributed by atoms with E-state index in [-0.39, 0.29) is 5.91 Å². The summed E-state index contributed by atoms with van der Waals surface area (Å²) in [6.07, 6.45) is 8.69. The Morgan fingerprint density at radius 1 is 1.47 bits per heavy atom. The van der Waals surface area contributed by atoms with Crippen LogP contribution < -0.4 is 0 Å². The van der Waals surface area contributed by atoms with Gasteiger partial charge in [0.15, 0.2) is 0 Å². The number of alkyl halides is 1. The van der Waals surface area contributed by atoms with Gasteiger partial charge >= 0.3 is 0 Å². The standard InChI is InChI=1S/C12H16ClN3O/c13-5-1-3-11-4-2-6-16(11)12(17)10-7-14-9-15-8-10/h7-9,11H,1-6H2. The lowest BCUT2D eigenvalue weighted by molar-refractivity contribution is 0.0729. The molecule has 0 spiro atoms. The van der Waals surface area contributed by atoms with Crippen LogP contribution in [0.4, 0.5) is 0 Å². The first-order chi connectivity index (χ1) is 8.33. The summed E-state index contributed by atoms with van der Waals surface area (Å²) in [5.74, 6) is 0.704. The Balaban J connectivity index is 2.03. The van der Waals surface area contributed by atoms with Gasteiger partial charge in [0, 0.05) is 30.9 Å². The van der Waals surface area contributed by atoms with Gasteiger partial charge in [0.2, 0.25) is 0 Å². The van der Waals surface area contributed by atoms with Crippen molar-refractivity contribution in [2.75, 3.05) is 12.4 Å². The minimum atomic E-state index is 0.0441. The molecule has 0 bridgehead atoms. The number of aromatic nitrogens is 2. The van der Waals surface area contributed by atoms with Crippen molar-refractivity contribution in [2.45, 2.75) is 31.7 Å². The van der Waals surface area contributed by atoms with Crippen LogP contribution in [-0.2, 0) is 0 Å². The second kappa shape index (κ2) is 5.96. The first-order valence-corrected chi connectivity index (χ1v) is 6.48. The van der Waals surface area contributed by atoms with Gasteiger partial charge in [0.05, 0.1) is 5.56 Å². The molecule has 0 aliphatic carbocycles. The Labute approximate surface area is 106 Å². The van der Waals surface area contributed by atoms with Crippen LogP contribution in [0.1, 0.15) is 36.0 Å². The smallest absolute Gasteiger partial charge is 0.257 e. The van der Waals surface area contributed by atoms with E-state index in [1.165, 1.54) is 6.33 Å². The number of halogens is 1. The first kappa shape index (κ1) is 12.3. The predicted molar refractivity (Wildman–Crippen MR) is 66.0 cm³/mol. The summed E-state index contributed by atoms with van der Waals surface area (Å²) in [5.41, 5.74) is 0.574. The maximum Gasteiger partial charge on any atom is 0.257 e. The van der Waals surface area contributed by atoms with E-state index in [0.29, 0.717) is 17.5 Å². The predicted octanol–water partition coefficient (Wildman–Crippen LogP) is 2.10. The second-order valence-corrected chi connectivity index (χ2v) is 4.63. The van der Waals surface area contributed by atoms with Crippen molar-refractivity contribution in [1.29, 1.82) is 0 Å². The highest BCUT2D eigenvalue weighted by atomic mass is 35.5. The molecule has 1 unspecified atom stereocenters. The van der Waals surface area contributed by atoms with E-state index in [1.807, 2.05) is 4.90 Å². The maximum atomic E-state index is 12.2. The van der Waals surface area contributed by atoms with Gasteiger partial charge < -0.3 is 4.90 Å². The molecule has 1 amide bonds. The van der Waals surface area contributed by atoms with Crippen LogP contribution in [0, 0.1) is 0 Å². The van der Waals surface area contributed by atoms with Crippen LogP contribution in [0.5, 0.6) is 0 Å². The van der Waals surface area contributed by atoms with E-state index in [9.17, 15) is 4.79 Å². The topological polar surface area (TPSA) is 46.1 Å².